The Morgan fingerprint density at radius 2 is 1.67 bits per heavy atom. The highest BCUT2D eigenvalue weighted by atomic mass is 16.3. The summed E-state index contributed by atoms with van der Waals surface area (Å²) >= 11 is 0. The molecule has 15 heavy (non-hydrogen) atoms. The lowest BCUT2D eigenvalue weighted by molar-refractivity contribution is -0.0979. The molecule has 0 heterocycles. The second-order valence-corrected chi connectivity index (χ2v) is 2.62. The van der Waals surface area contributed by atoms with Crippen LogP contribution >= 0.6 is 0 Å². The maximum atomic E-state index is 9.10. The van der Waals surface area contributed by atoms with Crippen LogP contribution in [0.2, 0.25) is 0 Å². The fourth-order valence-corrected chi connectivity index (χ4v) is 0.736. The lowest BCUT2D eigenvalue weighted by Gasteiger charge is -1.99. The first kappa shape index (κ1) is 15.4. The number of carbonyl (C=O) groups is 2. The van der Waals surface area contributed by atoms with Crippen molar-refractivity contribution in [1.29, 1.82) is 0 Å². The first-order valence-corrected chi connectivity index (χ1v) is 4.04. The highest BCUT2D eigenvalue weighted by Gasteiger charge is 1.94. The first-order chi connectivity index (χ1) is 6.95. The minimum atomic E-state index is -0.833. The Bertz CT molecular complexity index is 289. The van der Waals surface area contributed by atoms with E-state index in [1.54, 1.807) is 6.07 Å². The van der Waals surface area contributed by atoms with E-state index in [9.17, 15) is 0 Å². The van der Waals surface area contributed by atoms with Gasteiger partial charge in [0.1, 0.15) is 12.5 Å². The SMILES string of the molecule is C=O.Cc1cccc(O)c1C.NC(N)=O. The number of aromatic hydroxyl groups is 1. The zero-order valence-electron chi connectivity index (χ0n) is 8.86. The van der Waals surface area contributed by atoms with Crippen LogP contribution in [-0.2, 0) is 4.79 Å². The summed E-state index contributed by atoms with van der Waals surface area (Å²) in [4.78, 5) is 17.0. The van der Waals surface area contributed by atoms with Crippen molar-refractivity contribution in [1.82, 2.24) is 0 Å². The monoisotopic (exact) mass is 212 g/mol. The van der Waals surface area contributed by atoms with E-state index >= 15 is 0 Å². The summed E-state index contributed by atoms with van der Waals surface area (Å²) in [5.74, 6) is 0.384. The van der Waals surface area contributed by atoms with Gasteiger partial charge in [-0.05, 0) is 31.0 Å². The first-order valence-electron chi connectivity index (χ1n) is 4.04. The normalized spacial score (nSPS) is 7.60. The van der Waals surface area contributed by atoms with Crippen molar-refractivity contribution in [3.8, 4) is 5.75 Å². The number of nitrogens with two attached hydrogens (primary N) is 2. The molecule has 5 nitrogen and oxygen atoms in total. The van der Waals surface area contributed by atoms with Gasteiger partial charge in [0.15, 0.2) is 0 Å². The summed E-state index contributed by atoms with van der Waals surface area (Å²) in [6.07, 6.45) is 0. The maximum absolute atomic E-state index is 9.10. The zero-order chi connectivity index (χ0) is 12.4. The van der Waals surface area contributed by atoms with E-state index in [0.29, 0.717) is 5.75 Å². The predicted molar refractivity (Wildman–Crippen MR) is 58.5 cm³/mol. The lowest BCUT2D eigenvalue weighted by Crippen LogP contribution is -2.18. The Morgan fingerprint density at radius 3 is 1.93 bits per heavy atom. The van der Waals surface area contributed by atoms with Crippen molar-refractivity contribution in [3.05, 3.63) is 29.3 Å². The van der Waals surface area contributed by atoms with Crippen LogP contribution in [0.3, 0.4) is 0 Å². The smallest absolute Gasteiger partial charge is 0.309 e. The summed E-state index contributed by atoms with van der Waals surface area (Å²) in [5, 5.41) is 9.10. The van der Waals surface area contributed by atoms with Crippen LogP contribution < -0.4 is 11.5 Å². The van der Waals surface area contributed by atoms with Crippen molar-refractivity contribution in [2.24, 2.45) is 11.5 Å². The molecule has 0 saturated carbocycles. The number of aryl methyl sites for hydroxylation is 1. The van der Waals surface area contributed by atoms with Crippen molar-refractivity contribution in [3.63, 3.8) is 0 Å². The van der Waals surface area contributed by atoms with Crippen molar-refractivity contribution >= 4 is 12.8 Å². The third-order valence-corrected chi connectivity index (χ3v) is 1.58. The Hall–Kier alpha value is -2.04. The summed E-state index contributed by atoms with van der Waals surface area (Å²) in [6.45, 7) is 5.89. The number of rotatable bonds is 0. The fraction of sp³-hybridized carbons (Fsp3) is 0.200. The highest BCUT2D eigenvalue weighted by Crippen LogP contribution is 2.17. The number of hydrogen-bond acceptors (Lipinski definition) is 3. The molecule has 0 spiro atoms. The third kappa shape index (κ3) is 8.29. The molecule has 5 heteroatoms. The van der Waals surface area contributed by atoms with Gasteiger partial charge >= 0.3 is 6.03 Å². The van der Waals surface area contributed by atoms with Crippen molar-refractivity contribution in [2.45, 2.75) is 13.8 Å². The molecule has 0 atom stereocenters. The van der Waals surface area contributed by atoms with Gasteiger partial charge in [0.05, 0.1) is 0 Å². The lowest BCUT2D eigenvalue weighted by atomic mass is 10.1. The number of phenols is 1. The number of benzene rings is 1. The molecule has 0 unspecified atom stereocenters. The Balaban J connectivity index is 0. The third-order valence-electron chi connectivity index (χ3n) is 1.58. The summed E-state index contributed by atoms with van der Waals surface area (Å²) in [7, 11) is 0. The molecule has 0 bridgehead atoms. The number of carbonyl (C=O) groups excluding carboxylic acids is 2. The van der Waals surface area contributed by atoms with E-state index in [4.69, 9.17) is 14.7 Å². The summed E-state index contributed by atoms with van der Waals surface area (Å²) in [6, 6.07) is 4.69. The van der Waals surface area contributed by atoms with E-state index in [0.717, 1.165) is 11.1 Å². The molecular weight excluding hydrogens is 196 g/mol. The average molecular weight is 212 g/mol. The van der Waals surface area contributed by atoms with Crippen LogP contribution in [0.4, 0.5) is 4.79 Å². The largest absolute Gasteiger partial charge is 0.508 e. The molecule has 0 fully saturated rings. The Labute approximate surface area is 88.7 Å². The Morgan fingerprint density at radius 1 is 1.27 bits per heavy atom. The molecule has 1 aromatic carbocycles. The van der Waals surface area contributed by atoms with Crippen LogP contribution in [0.5, 0.6) is 5.75 Å². The van der Waals surface area contributed by atoms with E-state index < -0.39 is 6.03 Å². The zero-order valence-corrected chi connectivity index (χ0v) is 8.86. The second kappa shape index (κ2) is 8.55. The quantitative estimate of drug-likeness (QED) is 0.593. The average Bonchev–Trinajstić information content (AvgIpc) is 2.16. The predicted octanol–water partition coefficient (Wildman–Crippen LogP) is 0.848. The minimum Gasteiger partial charge on any atom is -0.508 e. The molecule has 0 saturated heterocycles. The highest BCUT2D eigenvalue weighted by molar-refractivity contribution is 5.69. The number of phenolic OH excluding ortho intramolecular Hbond substituents is 1. The molecule has 2 amide bonds. The number of hydrogen-bond donors (Lipinski definition) is 3. The van der Waals surface area contributed by atoms with Crippen molar-refractivity contribution < 1.29 is 14.7 Å². The molecule has 5 N–H and O–H groups in total. The van der Waals surface area contributed by atoms with Gasteiger partial charge in [-0.2, -0.15) is 0 Å². The number of primary amides is 2. The molecular formula is C10H16N2O3. The van der Waals surface area contributed by atoms with Gasteiger partial charge in [0, 0.05) is 0 Å². The van der Waals surface area contributed by atoms with E-state index in [1.165, 1.54) is 0 Å². The maximum Gasteiger partial charge on any atom is 0.309 e. The van der Waals surface area contributed by atoms with Gasteiger partial charge in [-0.15, -0.1) is 0 Å². The molecule has 1 rings (SSSR count). The molecule has 1 aromatic rings. The Kier molecular flexibility index (Phi) is 8.80. The van der Waals surface area contributed by atoms with Gasteiger partial charge in [-0.1, -0.05) is 12.1 Å². The van der Waals surface area contributed by atoms with E-state index in [1.807, 2.05) is 32.8 Å². The summed E-state index contributed by atoms with van der Waals surface area (Å²) < 4.78 is 0. The van der Waals surface area contributed by atoms with Crippen LogP contribution in [0.1, 0.15) is 11.1 Å². The van der Waals surface area contributed by atoms with Gasteiger partial charge < -0.3 is 21.4 Å². The second-order valence-electron chi connectivity index (χ2n) is 2.62. The van der Waals surface area contributed by atoms with Crippen LogP contribution in [-0.4, -0.2) is 17.9 Å². The topological polar surface area (TPSA) is 106 Å². The van der Waals surface area contributed by atoms with Crippen LogP contribution in [0.25, 0.3) is 0 Å². The fourth-order valence-electron chi connectivity index (χ4n) is 0.736. The molecule has 0 radical (unpaired) electrons. The van der Waals surface area contributed by atoms with Gasteiger partial charge in [0.2, 0.25) is 0 Å². The molecule has 0 aromatic heterocycles. The number of amides is 2. The molecule has 84 valence electrons. The standard InChI is InChI=1S/C8H10O.CH4N2O.CH2O/c1-6-4-3-5-8(9)7(6)2;2-1(3)4;1-2/h3-5,9H,1-2H3;(H4,2,3,4);1H2. The number of urea groups is 1. The van der Waals surface area contributed by atoms with Crippen LogP contribution in [0.15, 0.2) is 18.2 Å². The minimum absolute atomic E-state index is 0.384. The molecule has 0 aliphatic heterocycles. The van der Waals surface area contributed by atoms with Gasteiger partial charge in [-0.3, -0.25) is 0 Å². The van der Waals surface area contributed by atoms with E-state index in [2.05, 4.69) is 11.5 Å². The molecule has 0 aliphatic carbocycles. The van der Waals surface area contributed by atoms with Gasteiger partial charge in [-0.25, -0.2) is 4.79 Å². The molecule has 0 aliphatic rings. The summed E-state index contributed by atoms with van der Waals surface area (Å²) in [5.41, 5.74) is 10.6. The van der Waals surface area contributed by atoms with E-state index in [-0.39, 0.29) is 0 Å². The van der Waals surface area contributed by atoms with Crippen molar-refractivity contribution in [2.75, 3.05) is 0 Å². The van der Waals surface area contributed by atoms with Gasteiger partial charge in [0.25, 0.3) is 0 Å². The van der Waals surface area contributed by atoms with Crippen LogP contribution in [0, 0.1) is 13.8 Å².